The zero-order chi connectivity index (χ0) is 20.4. The van der Waals surface area contributed by atoms with Gasteiger partial charge in [0.25, 0.3) is 0 Å². The zero-order valence-electron chi connectivity index (χ0n) is 16.7. The number of hydrogen-bond acceptors (Lipinski definition) is 6. The Bertz CT molecular complexity index is 1050. The maximum atomic E-state index is 12.9. The van der Waals surface area contributed by atoms with E-state index in [1.54, 1.807) is 14.2 Å². The summed E-state index contributed by atoms with van der Waals surface area (Å²) in [4.78, 5) is 22.1. The van der Waals surface area contributed by atoms with Crippen molar-refractivity contribution in [1.29, 1.82) is 0 Å². The largest absolute Gasteiger partial charge is 0.493 e. The highest BCUT2D eigenvalue weighted by Gasteiger charge is 2.30. The molecule has 0 aliphatic heterocycles. The summed E-state index contributed by atoms with van der Waals surface area (Å²) in [5, 5.41) is 3.23. The molecule has 6 heteroatoms. The minimum atomic E-state index is 0.0358. The van der Waals surface area contributed by atoms with Gasteiger partial charge in [-0.2, -0.15) is 0 Å². The molecule has 0 bridgehead atoms. The van der Waals surface area contributed by atoms with Crippen LogP contribution in [0.1, 0.15) is 39.6 Å². The van der Waals surface area contributed by atoms with Crippen molar-refractivity contribution in [3.05, 3.63) is 71.0 Å². The summed E-state index contributed by atoms with van der Waals surface area (Å²) in [6.07, 6.45) is 1.10. The van der Waals surface area contributed by atoms with E-state index in [1.165, 1.54) is 0 Å². The number of nitrogens with one attached hydrogen (secondary N) is 1. The Labute approximate surface area is 169 Å². The van der Waals surface area contributed by atoms with Crippen molar-refractivity contribution in [2.45, 2.75) is 25.7 Å². The minimum Gasteiger partial charge on any atom is -0.493 e. The van der Waals surface area contributed by atoms with E-state index in [0.717, 1.165) is 16.9 Å². The van der Waals surface area contributed by atoms with Gasteiger partial charge in [0.1, 0.15) is 0 Å². The van der Waals surface area contributed by atoms with E-state index < -0.39 is 0 Å². The average molecular weight is 389 g/mol. The molecule has 0 saturated carbocycles. The highest BCUT2D eigenvalue weighted by atomic mass is 16.5. The smallest absolute Gasteiger partial charge is 0.227 e. The molecular weight excluding hydrogens is 366 g/mol. The molecule has 0 spiro atoms. The van der Waals surface area contributed by atoms with Crippen molar-refractivity contribution in [2.75, 3.05) is 19.5 Å². The monoisotopic (exact) mass is 389 g/mol. The first-order valence-electron chi connectivity index (χ1n) is 9.53. The number of methoxy groups -OCH3 is 2. The summed E-state index contributed by atoms with van der Waals surface area (Å²) in [6, 6.07) is 15.6. The number of aryl methyl sites for hydroxylation is 1. The van der Waals surface area contributed by atoms with E-state index in [9.17, 15) is 4.79 Å². The molecule has 0 saturated heterocycles. The van der Waals surface area contributed by atoms with Crippen LogP contribution in [0.2, 0.25) is 0 Å². The van der Waals surface area contributed by atoms with Gasteiger partial charge in [-0.15, -0.1) is 0 Å². The Balaban J connectivity index is 1.66. The van der Waals surface area contributed by atoms with Crippen LogP contribution in [0, 0.1) is 6.92 Å². The third-order valence-electron chi connectivity index (χ3n) is 5.22. The SMILES string of the molecule is COc1ccc([C@@H]2CC(=O)c3c(C)nc(Nc4ccccc4)nc3C2)cc1OC. The molecule has 6 nitrogen and oxygen atoms in total. The molecule has 4 rings (SSSR count). The van der Waals surface area contributed by atoms with E-state index in [1.807, 2.05) is 55.5 Å². The molecule has 0 fully saturated rings. The van der Waals surface area contributed by atoms with Crippen LogP contribution >= 0.6 is 0 Å². The second-order valence-electron chi connectivity index (χ2n) is 7.09. The van der Waals surface area contributed by atoms with Gasteiger partial charge in [0, 0.05) is 12.1 Å². The van der Waals surface area contributed by atoms with Crippen LogP contribution in [-0.2, 0) is 6.42 Å². The number of para-hydroxylation sites is 1. The van der Waals surface area contributed by atoms with E-state index in [4.69, 9.17) is 9.47 Å². The van der Waals surface area contributed by atoms with Crippen LogP contribution in [0.5, 0.6) is 11.5 Å². The predicted octanol–water partition coefficient (Wildman–Crippen LogP) is 4.46. The van der Waals surface area contributed by atoms with Gasteiger partial charge < -0.3 is 14.8 Å². The van der Waals surface area contributed by atoms with E-state index in [2.05, 4.69) is 15.3 Å². The number of nitrogens with zero attached hydrogens (tertiary/aromatic N) is 2. The second kappa shape index (κ2) is 7.91. The Morgan fingerprint density at radius 3 is 2.45 bits per heavy atom. The molecule has 29 heavy (non-hydrogen) atoms. The van der Waals surface area contributed by atoms with Crippen molar-refractivity contribution in [3.63, 3.8) is 0 Å². The molecule has 0 amide bonds. The van der Waals surface area contributed by atoms with E-state index in [0.29, 0.717) is 41.5 Å². The van der Waals surface area contributed by atoms with Crippen LogP contribution in [0.15, 0.2) is 48.5 Å². The molecular formula is C23H23N3O3. The van der Waals surface area contributed by atoms with Crippen molar-refractivity contribution in [2.24, 2.45) is 0 Å². The third kappa shape index (κ3) is 3.78. The van der Waals surface area contributed by atoms with Gasteiger partial charge in [0.15, 0.2) is 17.3 Å². The molecule has 1 aromatic heterocycles. The maximum absolute atomic E-state index is 12.9. The quantitative estimate of drug-likeness (QED) is 0.695. The van der Waals surface area contributed by atoms with Gasteiger partial charge in [-0.1, -0.05) is 24.3 Å². The van der Waals surface area contributed by atoms with Gasteiger partial charge in [0.05, 0.1) is 31.2 Å². The van der Waals surface area contributed by atoms with Crippen molar-refractivity contribution in [3.8, 4) is 11.5 Å². The number of Topliss-reactive ketones (excluding diaryl/α,β-unsaturated/α-hetero) is 1. The molecule has 1 heterocycles. The average Bonchev–Trinajstić information content (AvgIpc) is 2.73. The Hall–Kier alpha value is -3.41. The number of hydrogen-bond donors (Lipinski definition) is 1. The summed E-state index contributed by atoms with van der Waals surface area (Å²) in [5.41, 5.74) is 4.09. The van der Waals surface area contributed by atoms with Crippen molar-refractivity contribution < 1.29 is 14.3 Å². The number of ether oxygens (including phenoxy) is 2. The summed E-state index contributed by atoms with van der Waals surface area (Å²) in [5.74, 6) is 1.96. The maximum Gasteiger partial charge on any atom is 0.227 e. The van der Waals surface area contributed by atoms with Crippen LogP contribution < -0.4 is 14.8 Å². The molecule has 1 aliphatic carbocycles. The molecule has 3 aromatic rings. The lowest BCUT2D eigenvalue weighted by Gasteiger charge is -2.25. The summed E-state index contributed by atoms with van der Waals surface area (Å²) >= 11 is 0. The molecule has 148 valence electrons. The van der Waals surface area contributed by atoms with Gasteiger partial charge >= 0.3 is 0 Å². The van der Waals surface area contributed by atoms with Gasteiger partial charge in [0.2, 0.25) is 5.95 Å². The van der Waals surface area contributed by atoms with Crippen LogP contribution in [-0.4, -0.2) is 30.0 Å². The lowest BCUT2D eigenvalue weighted by molar-refractivity contribution is 0.0962. The molecule has 1 atom stereocenters. The first-order chi connectivity index (χ1) is 14.1. The number of fused-ring (bicyclic) bond motifs is 1. The van der Waals surface area contributed by atoms with Gasteiger partial charge in [-0.3, -0.25) is 4.79 Å². The number of carbonyl (C=O) groups is 1. The zero-order valence-corrected chi connectivity index (χ0v) is 16.7. The van der Waals surface area contributed by atoms with Crippen LogP contribution in [0.25, 0.3) is 0 Å². The summed E-state index contributed by atoms with van der Waals surface area (Å²) in [6.45, 7) is 1.87. The number of rotatable bonds is 5. The molecule has 1 aliphatic rings. The van der Waals surface area contributed by atoms with E-state index >= 15 is 0 Å². The number of anilines is 2. The van der Waals surface area contributed by atoms with Crippen LogP contribution in [0.3, 0.4) is 0 Å². The number of aromatic nitrogens is 2. The topological polar surface area (TPSA) is 73.3 Å². The fourth-order valence-electron chi connectivity index (χ4n) is 3.82. The third-order valence-corrected chi connectivity index (χ3v) is 5.22. The number of ketones is 1. The Kier molecular flexibility index (Phi) is 5.16. The fourth-order valence-corrected chi connectivity index (χ4v) is 3.82. The van der Waals surface area contributed by atoms with Crippen molar-refractivity contribution in [1.82, 2.24) is 9.97 Å². The molecule has 1 N–H and O–H groups in total. The second-order valence-corrected chi connectivity index (χ2v) is 7.09. The minimum absolute atomic E-state index is 0.0358. The fraction of sp³-hybridized carbons (Fsp3) is 0.261. The van der Waals surface area contributed by atoms with E-state index in [-0.39, 0.29) is 11.7 Å². The lowest BCUT2D eigenvalue weighted by atomic mass is 9.81. The molecule has 0 radical (unpaired) electrons. The first kappa shape index (κ1) is 18.9. The highest BCUT2D eigenvalue weighted by molar-refractivity contribution is 5.99. The predicted molar refractivity (Wildman–Crippen MR) is 111 cm³/mol. The van der Waals surface area contributed by atoms with Crippen molar-refractivity contribution >= 4 is 17.4 Å². The Morgan fingerprint density at radius 2 is 1.72 bits per heavy atom. The van der Waals surface area contributed by atoms with Gasteiger partial charge in [-0.25, -0.2) is 9.97 Å². The standard InChI is InChI=1S/C23H23N3O3/c1-14-22-18(26-23(24-14)25-17-7-5-4-6-8-17)11-16(12-19(22)27)15-9-10-20(28-2)21(13-15)29-3/h4-10,13,16H,11-12H2,1-3H3,(H,24,25,26)/t16-/m0/s1. The van der Waals surface area contributed by atoms with Crippen LogP contribution in [0.4, 0.5) is 11.6 Å². The van der Waals surface area contributed by atoms with Gasteiger partial charge in [-0.05, 0) is 49.1 Å². The molecule has 2 aromatic carbocycles. The Morgan fingerprint density at radius 1 is 0.966 bits per heavy atom. The lowest BCUT2D eigenvalue weighted by Crippen LogP contribution is -2.23. The highest BCUT2D eigenvalue weighted by Crippen LogP contribution is 2.37. The molecule has 0 unspecified atom stereocenters. The summed E-state index contributed by atoms with van der Waals surface area (Å²) in [7, 11) is 3.22. The number of carbonyl (C=O) groups excluding carboxylic acids is 1. The number of benzene rings is 2. The summed E-state index contributed by atoms with van der Waals surface area (Å²) < 4.78 is 10.7. The first-order valence-corrected chi connectivity index (χ1v) is 9.53. The normalized spacial score (nSPS) is 15.6.